The molecule has 2 nitrogen and oxygen atoms in total. The van der Waals surface area contributed by atoms with Crippen LogP contribution < -0.4 is 4.74 Å². The highest BCUT2D eigenvalue weighted by molar-refractivity contribution is 9.10. The normalized spacial score (nSPS) is 16.7. The van der Waals surface area contributed by atoms with Gasteiger partial charge in [0.15, 0.2) is 0 Å². The Morgan fingerprint density at radius 3 is 2.74 bits per heavy atom. The zero-order valence-electron chi connectivity index (χ0n) is 12.5. The van der Waals surface area contributed by atoms with Crippen LogP contribution in [-0.4, -0.2) is 4.98 Å². The lowest BCUT2D eigenvalue weighted by molar-refractivity contribution is 0.150. The van der Waals surface area contributed by atoms with E-state index >= 15 is 0 Å². The van der Waals surface area contributed by atoms with Gasteiger partial charge in [-0.2, -0.15) is 0 Å². The van der Waals surface area contributed by atoms with Gasteiger partial charge >= 0.3 is 0 Å². The summed E-state index contributed by atoms with van der Waals surface area (Å²) in [6.07, 6.45) is 1.06. The first-order valence-electron chi connectivity index (χ1n) is 7.30. The first-order chi connectivity index (χ1) is 10.9. The highest BCUT2D eigenvalue weighted by Gasteiger charge is 2.19. The molecule has 0 N–H and O–H groups in total. The molecule has 0 saturated carbocycles. The number of aromatic nitrogens is 1. The van der Waals surface area contributed by atoms with E-state index in [4.69, 9.17) is 4.74 Å². The van der Waals surface area contributed by atoms with E-state index in [0.29, 0.717) is 11.8 Å². The standard InChI is InChI=1S/C17H15BrF3NO/c1-9-2-10-5-16(22-7-11(10)3-9)23-8-12-4-14(18)13(17(20)21)6-15(12)19/h4-7,9,17H,2-3,8H2,1H3. The van der Waals surface area contributed by atoms with E-state index < -0.39 is 12.2 Å². The van der Waals surface area contributed by atoms with Gasteiger partial charge in [0.2, 0.25) is 5.88 Å². The van der Waals surface area contributed by atoms with Gasteiger partial charge in [-0.25, -0.2) is 18.2 Å². The summed E-state index contributed by atoms with van der Waals surface area (Å²) in [6.45, 7) is 2.12. The third kappa shape index (κ3) is 3.52. The highest BCUT2D eigenvalue weighted by Crippen LogP contribution is 2.31. The van der Waals surface area contributed by atoms with E-state index in [9.17, 15) is 13.2 Å². The van der Waals surface area contributed by atoms with Crippen LogP contribution in [0.4, 0.5) is 13.2 Å². The topological polar surface area (TPSA) is 22.1 Å². The maximum atomic E-state index is 13.9. The van der Waals surface area contributed by atoms with Crippen molar-refractivity contribution >= 4 is 15.9 Å². The van der Waals surface area contributed by atoms with E-state index in [1.807, 2.05) is 6.07 Å². The molecule has 6 heteroatoms. The Morgan fingerprint density at radius 2 is 2.00 bits per heavy atom. The van der Waals surface area contributed by atoms with Crippen molar-refractivity contribution in [2.45, 2.75) is 32.8 Å². The van der Waals surface area contributed by atoms with Gasteiger partial charge in [0.05, 0.1) is 0 Å². The van der Waals surface area contributed by atoms with Crippen LogP contribution in [0.1, 0.15) is 35.6 Å². The maximum Gasteiger partial charge on any atom is 0.265 e. The van der Waals surface area contributed by atoms with E-state index in [1.54, 1.807) is 6.20 Å². The first kappa shape index (κ1) is 16.3. The number of benzene rings is 1. The number of ether oxygens (including phenoxy) is 1. The molecule has 1 unspecified atom stereocenters. The number of fused-ring (bicyclic) bond motifs is 1. The molecular weight excluding hydrogens is 371 g/mol. The minimum Gasteiger partial charge on any atom is -0.473 e. The zero-order chi connectivity index (χ0) is 16.6. The lowest BCUT2D eigenvalue weighted by Crippen LogP contribution is -2.02. The lowest BCUT2D eigenvalue weighted by Gasteiger charge is -2.10. The summed E-state index contributed by atoms with van der Waals surface area (Å²) in [5, 5.41) is 0. The molecule has 0 aliphatic heterocycles. The zero-order valence-corrected chi connectivity index (χ0v) is 14.0. The average Bonchev–Trinajstić information content (AvgIpc) is 2.86. The molecule has 23 heavy (non-hydrogen) atoms. The van der Waals surface area contributed by atoms with Crippen LogP contribution in [-0.2, 0) is 19.4 Å². The van der Waals surface area contributed by atoms with Crippen LogP contribution in [0.3, 0.4) is 0 Å². The third-order valence-corrected chi connectivity index (χ3v) is 4.66. The number of hydrogen-bond acceptors (Lipinski definition) is 2. The van der Waals surface area contributed by atoms with Crippen molar-refractivity contribution < 1.29 is 17.9 Å². The highest BCUT2D eigenvalue weighted by atomic mass is 79.9. The minimum absolute atomic E-state index is 0.0602. The second-order valence-electron chi connectivity index (χ2n) is 5.86. The summed E-state index contributed by atoms with van der Waals surface area (Å²) >= 11 is 3.04. The summed E-state index contributed by atoms with van der Waals surface area (Å²) in [5.41, 5.74) is 2.27. The van der Waals surface area contributed by atoms with Crippen molar-refractivity contribution in [1.29, 1.82) is 0 Å². The number of alkyl halides is 2. The third-order valence-electron chi connectivity index (χ3n) is 3.97. The van der Waals surface area contributed by atoms with Crippen LogP contribution in [0.2, 0.25) is 0 Å². The number of rotatable bonds is 4. The van der Waals surface area contributed by atoms with Crippen LogP contribution in [0.5, 0.6) is 5.88 Å². The van der Waals surface area contributed by atoms with Gasteiger partial charge < -0.3 is 4.74 Å². The fraction of sp³-hybridized carbons (Fsp3) is 0.353. The molecule has 122 valence electrons. The molecule has 3 rings (SSSR count). The smallest absolute Gasteiger partial charge is 0.265 e. The van der Waals surface area contributed by atoms with Crippen molar-refractivity contribution in [1.82, 2.24) is 4.98 Å². The van der Waals surface area contributed by atoms with Gasteiger partial charge in [-0.15, -0.1) is 0 Å². The van der Waals surface area contributed by atoms with Gasteiger partial charge in [0, 0.05) is 27.9 Å². The fourth-order valence-electron chi connectivity index (χ4n) is 2.81. The Bertz CT molecular complexity index is 736. The van der Waals surface area contributed by atoms with E-state index in [-0.39, 0.29) is 22.2 Å². The quantitative estimate of drug-likeness (QED) is 0.718. The van der Waals surface area contributed by atoms with Gasteiger partial charge in [0.1, 0.15) is 12.4 Å². The molecule has 0 bridgehead atoms. The lowest BCUT2D eigenvalue weighted by atomic mass is 10.1. The second kappa shape index (κ2) is 6.51. The molecule has 1 aromatic heterocycles. The number of hydrogen-bond donors (Lipinski definition) is 0. The number of nitrogens with zero attached hydrogens (tertiary/aromatic N) is 1. The average molecular weight is 386 g/mol. The predicted molar refractivity (Wildman–Crippen MR) is 84.2 cm³/mol. The molecule has 0 fully saturated rings. The van der Waals surface area contributed by atoms with Crippen molar-refractivity contribution in [3.05, 3.63) is 56.9 Å². The molecule has 0 radical (unpaired) electrons. The molecule has 1 heterocycles. The van der Waals surface area contributed by atoms with Crippen molar-refractivity contribution in [2.75, 3.05) is 0 Å². The summed E-state index contributed by atoms with van der Waals surface area (Å²) in [6, 6.07) is 4.04. The summed E-state index contributed by atoms with van der Waals surface area (Å²) < 4.78 is 45.0. The molecule has 1 aliphatic carbocycles. The van der Waals surface area contributed by atoms with Crippen molar-refractivity contribution in [2.24, 2.45) is 5.92 Å². The first-order valence-corrected chi connectivity index (χ1v) is 8.10. The Kier molecular flexibility index (Phi) is 4.62. The number of halogens is 4. The van der Waals surface area contributed by atoms with E-state index in [1.165, 1.54) is 17.2 Å². The monoisotopic (exact) mass is 385 g/mol. The van der Waals surface area contributed by atoms with Crippen LogP contribution >= 0.6 is 15.9 Å². The van der Waals surface area contributed by atoms with Crippen molar-refractivity contribution in [3.8, 4) is 5.88 Å². The fourth-order valence-corrected chi connectivity index (χ4v) is 3.38. The van der Waals surface area contributed by atoms with Crippen LogP contribution in [0, 0.1) is 11.7 Å². The summed E-state index contributed by atoms with van der Waals surface area (Å²) in [5.74, 6) is 0.307. The molecule has 0 saturated heterocycles. The molecule has 0 amide bonds. The Hall–Kier alpha value is -1.56. The maximum absolute atomic E-state index is 13.9. The molecule has 0 spiro atoms. The Morgan fingerprint density at radius 1 is 1.26 bits per heavy atom. The molecule has 2 aromatic rings. The van der Waals surface area contributed by atoms with E-state index in [2.05, 4.69) is 27.8 Å². The summed E-state index contributed by atoms with van der Waals surface area (Å²) in [4.78, 5) is 4.22. The largest absolute Gasteiger partial charge is 0.473 e. The Labute approximate surface area is 140 Å². The van der Waals surface area contributed by atoms with Crippen LogP contribution in [0.25, 0.3) is 0 Å². The molecule has 1 aliphatic rings. The SMILES string of the molecule is CC1Cc2cnc(OCc3cc(Br)c(C(F)F)cc3F)cc2C1. The molecule has 1 aromatic carbocycles. The van der Waals surface area contributed by atoms with Gasteiger partial charge in [-0.05, 0) is 42.0 Å². The van der Waals surface area contributed by atoms with Gasteiger partial charge in [-0.1, -0.05) is 22.9 Å². The van der Waals surface area contributed by atoms with Gasteiger partial charge in [-0.3, -0.25) is 0 Å². The minimum atomic E-state index is -2.73. The predicted octanol–water partition coefficient (Wildman–Crippen LogP) is 5.23. The summed E-state index contributed by atoms with van der Waals surface area (Å²) in [7, 11) is 0. The Balaban J connectivity index is 1.74. The van der Waals surface area contributed by atoms with Crippen molar-refractivity contribution in [3.63, 3.8) is 0 Å². The van der Waals surface area contributed by atoms with Crippen LogP contribution in [0.15, 0.2) is 28.9 Å². The molecular formula is C17H15BrF3NO. The molecule has 1 atom stereocenters. The number of pyridine rings is 1. The second-order valence-corrected chi connectivity index (χ2v) is 6.71. The van der Waals surface area contributed by atoms with Gasteiger partial charge in [0.25, 0.3) is 6.43 Å². The van der Waals surface area contributed by atoms with E-state index in [0.717, 1.165) is 18.9 Å².